The quantitative estimate of drug-likeness (QED) is 0.561. The van der Waals surface area contributed by atoms with Crippen molar-refractivity contribution in [3.05, 3.63) is 29.8 Å². The summed E-state index contributed by atoms with van der Waals surface area (Å²) in [6.45, 7) is 5.76. The van der Waals surface area contributed by atoms with Crippen molar-refractivity contribution in [3.63, 3.8) is 0 Å². The summed E-state index contributed by atoms with van der Waals surface area (Å²) in [5.41, 5.74) is 0.298. The van der Waals surface area contributed by atoms with Gasteiger partial charge in [-0.1, -0.05) is 13.3 Å². The summed E-state index contributed by atoms with van der Waals surface area (Å²) in [5, 5.41) is 4.62. The number of ether oxygens (including phenoxy) is 2. The highest BCUT2D eigenvalue weighted by molar-refractivity contribution is 5.97. The molecule has 7 heteroatoms. The number of imide groups is 1. The van der Waals surface area contributed by atoms with Crippen LogP contribution in [0.15, 0.2) is 24.3 Å². The molecule has 0 aromatic heterocycles. The van der Waals surface area contributed by atoms with E-state index in [1.165, 1.54) is 0 Å². The molecular formula is C17H24N2O5. The predicted octanol–water partition coefficient (Wildman–Crippen LogP) is 2.26. The first-order valence-corrected chi connectivity index (χ1v) is 7.94. The lowest BCUT2D eigenvalue weighted by Gasteiger charge is -2.10. The van der Waals surface area contributed by atoms with Crippen LogP contribution in [0.1, 0.15) is 44.0 Å². The van der Waals surface area contributed by atoms with Crippen molar-refractivity contribution in [2.75, 3.05) is 13.2 Å². The normalized spacial score (nSPS) is 10.2. The molecule has 24 heavy (non-hydrogen) atoms. The van der Waals surface area contributed by atoms with Gasteiger partial charge in [0.15, 0.2) is 6.61 Å². The molecule has 3 amide bonds. The van der Waals surface area contributed by atoms with Gasteiger partial charge in [0.05, 0.1) is 11.7 Å². The molecule has 0 saturated heterocycles. The molecule has 1 aromatic carbocycles. The molecule has 1 aromatic rings. The smallest absolute Gasteiger partial charge is 0.338 e. The van der Waals surface area contributed by atoms with Crippen LogP contribution in [0.25, 0.3) is 0 Å². The molecule has 0 aliphatic rings. The van der Waals surface area contributed by atoms with Crippen LogP contribution in [0.5, 0.6) is 5.75 Å². The second-order valence-corrected chi connectivity index (χ2v) is 5.42. The molecule has 0 saturated carbocycles. The molecule has 2 N–H and O–H groups in total. The molecule has 0 bridgehead atoms. The van der Waals surface area contributed by atoms with E-state index in [0.717, 1.165) is 12.8 Å². The zero-order valence-electron chi connectivity index (χ0n) is 14.3. The van der Waals surface area contributed by atoms with Crippen LogP contribution in [-0.2, 0) is 9.53 Å². The zero-order chi connectivity index (χ0) is 17.9. The number of hydrogen-bond donors (Lipinski definition) is 2. The third-order valence-corrected chi connectivity index (χ3v) is 2.86. The number of amides is 3. The summed E-state index contributed by atoms with van der Waals surface area (Å²) in [7, 11) is 0. The third-order valence-electron chi connectivity index (χ3n) is 2.86. The number of esters is 1. The molecule has 0 unspecified atom stereocenters. The van der Waals surface area contributed by atoms with Crippen molar-refractivity contribution in [2.24, 2.45) is 0 Å². The van der Waals surface area contributed by atoms with E-state index >= 15 is 0 Å². The van der Waals surface area contributed by atoms with Crippen LogP contribution in [0.3, 0.4) is 0 Å². The SMILES string of the molecule is CCCCNC(=O)NC(=O)COC(=O)c1ccc(OC(C)C)cc1. The fourth-order valence-corrected chi connectivity index (χ4v) is 1.74. The van der Waals surface area contributed by atoms with Crippen LogP contribution < -0.4 is 15.4 Å². The molecular weight excluding hydrogens is 312 g/mol. The number of nitrogens with one attached hydrogen (secondary N) is 2. The topological polar surface area (TPSA) is 93.7 Å². The van der Waals surface area contributed by atoms with E-state index < -0.39 is 24.5 Å². The van der Waals surface area contributed by atoms with Crippen LogP contribution in [-0.4, -0.2) is 37.2 Å². The molecule has 0 spiro atoms. The fraction of sp³-hybridized carbons (Fsp3) is 0.471. The van der Waals surface area contributed by atoms with Gasteiger partial charge in [0.25, 0.3) is 5.91 Å². The Morgan fingerprint density at radius 1 is 1.12 bits per heavy atom. The first-order chi connectivity index (χ1) is 11.4. The molecule has 132 valence electrons. The summed E-state index contributed by atoms with van der Waals surface area (Å²) in [5.74, 6) is -0.687. The highest BCUT2D eigenvalue weighted by Crippen LogP contribution is 2.14. The Kier molecular flexibility index (Phi) is 8.32. The fourth-order valence-electron chi connectivity index (χ4n) is 1.74. The Labute approximate surface area is 141 Å². The maximum atomic E-state index is 11.8. The minimum Gasteiger partial charge on any atom is -0.491 e. The van der Waals surface area contributed by atoms with Gasteiger partial charge in [0.2, 0.25) is 0 Å². The molecule has 1 rings (SSSR count). The van der Waals surface area contributed by atoms with Crippen molar-refractivity contribution in [1.29, 1.82) is 0 Å². The van der Waals surface area contributed by atoms with Gasteiger partial charge >= 0.3 is 12.0 Å². The molecule has 0 heterocycles. The third kappa shape index (κ3) is 7.62. The Hall–Kier alpha value is -2.57. The number of benzene rings is 1. The maximum Gasteiger partial charge on any atom is 0.338 e. The van der Waals surface area contributed by atoms with Crippen molar-refractivity contribution in [2.45, 2.75) is 39.7 Å². The van der Waals surface area contributed by atoms with E-state index in [9.17, 15) is 14.4 Å². The van der Waals surface area contributed by atoms with Gasteiger partial charge in [-0.2, -0.15) is 0 Å². The highest BCUT2D eigenvalue weighted by Gasteiger charge is 2.12. The average Bonchev–Trinajstić information content (AvgIpc) is 2.53. The van der Waals surface area contributed by atoms with E-state index in [2.05, 4.69) is 10.6 Å². The lowest BCUT2D eigenvalue weighted by molar-refractivity contribution is -0.123. The van der Waals surface area contributed by atoms with Gasteiger partial charge in [0, 0.05) is 6.54 Å². The average molecular weight is 336 g/mol. The second-order valence-electron chi connectivity index (χ2n) is 5.42. The molecule has 0 fully saturated rings. The first-order valence-electron chi connectivity index (χ1n) is 7.94. The minimum absolute atomic E-state index is 0.0370. The number of carbonyl (C=O) groups excluding carboxylic acids is 3. The van der Waals surface area contributed by atoms with Crippen LogP contribution in [0.2, 0.25) is 0 Å². The van der Waals surface area contributed by atoms with Crippen molar-refractivity contribution >= 4 is 17.9 Å². The van der Waals surface area contributed by atoms with Gasteiger partial charge in [-0.15, -0.1) is 0 Å². The van der Waals surface area contributed by atoms with E-state index in [4.69, 9.17) is 9.47 Å². The Morgan fingerprint density at radius 2 is 1.79 bits per heavy atom. The highest BCUT2D eigenvalue weighted by atomic mass is 16.5. The van der Waals surface area contributed by atoms with Crippen molar-refractivity contribution in [3.8, 4) is 5.75 Å². The Bertz CT molecular complexity index is 555. The van der Waals surface area contributed by atoms with E-state index in [-0.39, 0.29) is 6.10 Å². The van der Waals surface area contributed by atoms with Crippen LogP contribution in [0, 0.1) is 0 Å². The van der Waals surface area contributed by atoms with E-state index in [1.807, 2.05) is 20.8 Å². The summed E-state index contributed by atoms with van der Waals surface area (Å²) in [4.78, 5) is 34.7. The van der Waals surface area contributed by atoms with E-state index in [0.29, 0.717) is 17.9 Å². The number of unbranched alkanes of at least 4 members (excludes halogenated alkanes) is 1. The van der Waals surface area contributed by atoms with Crippen LogP contribution >= 0.6 is 0 Å². The Morgan fingerprint density at radius 3 is 2.38 bits per heavy atom. The summed E-state index contributed by atoms with van der Waals surface area (Å²) in [6.07, 6.45) is 1.80. The van der Waals surface area contributed by atoms with Crippen LogP contribution in [0.4, 0.5) is 4.79 Å². The zero-order valence-corrected chi connectivity index (χ0v) is 14.3. The molecule has 0 aliphatic heterocycles. The van der Waals surface area contributed by atoms with E-state index in [1.54, 1.807) is 24.3 Å². The summed E-state index contributed by atoms with van der Waals surface area (Å²) in [6, 6.07) is 5.81. The van der Waals surface area contributed by atoms with Crippen molar-refractivity contribution < 1.29 is 23.9 Å². The Balaban J connectivity index is 2.37. The molecule has 0 radical (unpaired) electrons. The number of rotatable bonds is 8. The lowest BCUT2D eigenvalue weighted by Crippen LogP contribution is -2.41. The lowest BCUT2D eigenvalue weighted by atomic mass is 10.2. The van der Waals surface area contributed by atoms with Gasteiger partial charge in [-0.3, -0.25) is 10.1 Å². The number of carbonyl (C=O) groups is 3. The molecule has 0 aliphatic carbocycles. The number of urea groups is 1. The standard InChI is InChI=1S/C17H24N2O5/c1-4-5-10-18-17(22)19-15(20)11-23-16(21)13-6-8-14(9-7-13)24-12(2)3/h6-9,12H,4-5,10-11H2,1-3H3,(H2,18,19,20,22). The predicted molar refractivity (Wildman–Crippen MR) is 88.9 cm³/mol. The van der Waals surface area contributed by atoms with Gasteiger partial charge in [0.1, 0.15) is 5.75 Å². The summed E-state index contributed by atoms with van der Waals surface area (Å²) < 4.78 is 10.3. The van der Waals surface area contributed by atoms with Gasteiger partial charge in [-0.25, -0.2) is 9.59 Å². The molecule has 0 atom stereocenters. The van der Waals surface area contributed by atoms with Gasteiger partial charge < -0.3 is 14.8 Å². The van der Waals surface area contributed by atoms with Gasteiger partial charge in [-0.05, 0) is 44.5 Å². The molecule has 7 nitrogen and oxygen atoms in total. The van der Waals surface area contributed by atoms with Crippen molar-refractivity contribution in [1.82, 2.24) is 10.6 Å². The number of hydrogen-bond acceptors (Lipinski definition) is 5. The maximum absolute atomic E-state index is 11.8. The monoisotopic (exact) mass is 336 g/mol. The second kappa shape index (κ2) is 10.3. The summed E-state index contributed by atoms with van der Waals surface area (Å²) >= 11 is 0. The largest absolute Gasteiger partial charge is 0.491 e. The first kappa shape index (κ1) is 19.5. The minimum atomic E-state index is -0.683.